The van der Waals surface area contributed by atoms with Gasteiger partial charge in [-0.05, 0) is 50.7 Å². The molecule has 1 saturated carbocycles. The van der Waals surface area contributed by atoms with Gasteiger partial charge in [0, 0.05) is 18.1 Å². The van der Waals surface area contributed by atoms with Crippen LogP contribution in [0.3, 0.4) is 0 Å². The van der Waals surface area contributed by atoms with Crippen molar-refractivity contribution in [2.45, 2.75) is 44.8 Å². The monoisotopic (exact) mass is 328 g/mol. The van der Waals surface area contributed by atoms with E-state index >= 15 is 0 Å². The number of carbonyl (C=O) groups is 1. The molecule has 0 saturated heterocycles. The van der Waals surface area contributed by atoms with E-state index in [2.05, 4.69) is 12.2 Å². The van der Waals surface area contributed by atoms with E-state index < -0.39 is 16.6 Å². The van der Waals surface area contributed by atoms with Gasteiger partial charge in [0.1, 0.15) is 5.60 Å². The van der Waals surface area contributed by atoms with E-state index in [1.807, 2.05) is 26.8 Å². The number of anilines is 1. The van der Waals surface area contributed by atoms with Gasteiger partial charge in [0.15, 0.2) is 0 Å². The molecule has 4 atom stereocenters. The highest BCUT2D eigenvalue weighted by Gasteiger charge is 2.55. The van der Waals surface area contributed by atoms with E-state index in [0.29, 0.717) is 17.5 Å². The lowest BCUT2D eigenvalue weighted by Gasteiger charge is -2.31. The quantitative estimate of drug-likeness (QED) is 0.443. The number of amides is 1. The van der Waals surface area contributed by atoms with Crippen molar-refractivity contribution in [1.29, 1.82) is 0 Å². The zero-order valence-electron chi connectivity index (χ0n) is 13.9. The maximum Gasteiger partial charge on any atom is 0.415 e. The first-order valence-electron chi connectivity index (χ1n) is 8.25. The SMILES string of the molecule is CC(C)(C)OC(=O)N1c2cc([N+](=O)[O-])ccc2[C@H]2[C@@H]1[C@@H]1C=C[C@H]2C1. The fraction of sp³-hybridized carbons (Fsp3) is 0.500. The predicted octanol–water partition coefficient (Wildman–Crippen LogP) is 4.01. The minimum absolute atomic E-state index is 0.00240. The van der Waals surface area contributed by atoms with Gasteiger partial charge in [0.05, 0.1) is 16.7 Å². The average Bonchev–Trinajstić information content (AvgIpc) is 3.15. The fourth-order valence-electron chi connectivity index (χ4n) is 4.39. The molecule has 0 spiro atoms. The Hall–Kier alpha value is -2.37. The Balaban J connectivity index is 1.80. The summed E-state index contributed by atoms with van der Waals surface area (Å²) in [5, 5.41) is 11.2. The highest BCUT2D eigenvalue weighted by molar-refractivity contribution is 5.93. The number of non-ortho nitro benzene ring substituents is 1. The first kappa shape index (κ1) is 15.2. The van der Waals surface area contributed by atoms with Crippen molar-refractivity contribution in [2.75, 3.05) is 4.90 Å². The molecule has 0 radical (unpaired) electrons. The van der Waals surface area contributed by atoms with Crippen LogP contribution in [-0.2, 0) is 4.74 Å². The molecule has 2 aliphatic carbocycles. The number of hydrogen-bond donors (Lipinski definition) is 0. The van der Waals surface area contributed by atoms with Crippen molar-refractivity contribution in [3.05, 3.63) is 46.0 Å². The summed E-state index contributed by atoms with van der Waals surface area (Å²) >= 11 is 0. The summed E-state index contributed by atoms with van der Waals surface area (Å²) in [4.78, 5) is 25.2. The molecule has 0 aromatic heterocycles. The molecule has 1 aliphatic heterocycles. The molecule has 1 fully saturated rings. The Kier molecular flexibility index (Phi) is 3.04. The molecular weight excluding hydrogens is 308 g/mol. The number of benzene rings is 1. The van der Waals surface area contributed by atoms with Gasteiger partial charge < -0.3 is 4.74 Å². The number of nitro benzene ring substituents is 1. The first-order chi connectivity index (χ1) is 11.3. The van der Waals surface area contributed by atoms with Crippen molar-refractivity contribution in [3.8, 4) is 0 Å². The molecule has 4 rings (SSSR count). The van der Waals surface area contributed by atoms with Crippen molar-refractivity contribution in [2.24, 2.45) is 11.8 Å². The molecule has 6 nitrogen and oxygen atoms in total. The maximum absolute atomic E-state index is 12.8. The maximum atomic E-state index is 12.8. The minimum Gasteiger partial charge on any atom is -0.443 e. The van der Waals surface area contributed by atoms with Crippen LogP contribution in [0.1, 0.15) is 38.7 Å². The van der Waals surface area contributed by atoms with Crippen molar-refractivity contribution in [1.82, 2.24) is 0 Å². The van der Waals surface area contributed by atoms with Gasteiger partial charge in [-0.15, -0.1) is 0 Å². The molecule has 0 unspecified atom stereocenters. The van der Waals surface area contributed by atoms with Crippen molar-refractivity contribution >= 4 is 17.5 Å². The largest absolute Gasteiger partial charge is 0.443 e. The number of nitrogens with zero attached hydrogens (tertiary/aromatic N) is 2. The Morgan fingerprint density at radius 1 is 1.29 bits per heavy atom. The van der Waals surface area contributed by atoms with E-state index in [-0.39, 0.29) is 17.6 Å². The summed E-state index contributed by atoms with van der Waals surface area (Å²) < 4.78 is 5.59. The Bertz CT molecular complexity index is 765. The van der Waals surface area contributed by atoms with E-state index in [4.69, 9.17) is 4.74 Å². The highest BCUT2D eigenvalue weighted by Crippen LogP contribution is 2.58. The third-order valence-electron chi connectivity index (χ3n) is 5.15. The van der Waals surface area contributed by atoms with Gasteiger partial charge in [-0.1, -0.05) is 12.2 Å². The van der Waals surface area contributed by atoms with Crippen molar-refractivity contribution < 1.29 is 14.5 Å². The normalized spacial score (nSPS) is 29.5. The van der Waals surface area contributed by atoms with Crippen LogP contribution in [0, 0.1) is 22.0 Å². The molecule has 1 aromatic rings. The average molecular weight is 328 g/mol. The molecule has 126 valence electrons. The number of nitro groups is 1. The Morgan fingerprint density at radius 3 is 2.67 bits per heavy atom. The zero-order chi connectivity index (χ0) is 17.2. The van der Waals surface area contributed by atoms with Crippen LogP contribution in [0.5, 0.6) is 0 Å². The van der Waals surface area contributed by atoms with Gasteiger partial charge >= 0.3 is 6.09 Å². The molecule has 1 heterocycles. The number of carbonyl (C=O) groups excluding carboxylic acids is 1. The molecule has 2 bridgehead atoms. The van der Waals surface area contributed by atoms with Crippen LogP contribution >= 0.6 is 0 Å². The van der Waals surface area contributed by atoms with Crippen LogP contribution < -0.4 is 4.90 Å². The van der Waals surface area contributed by atoms with Gasteiger partial charge in [-0.25, -0.2) is 4.79 Å². The number of ether oxygens (including phenoxy) is 1. The van der Waals surface area contributed by atoms with Gasteiger partial charge in [0.2, 0.25) is 0 Å². The van der Waals surface area contributed by atoms with Gasteiger partial charge in [0.25, 0.3) is 5.69 Å². The van der Waals surface area contributed by atoms with Crippen molar-refractivity contribution in [3.63, 3.8) is 0 Å². The van der Waals surface area contributed by atoms with Crippen LogP contribution in [0.2, 0.25) is 0 Å². The van der Waals surface area contributed by atoms with E-state index in [9.17, 15) is 14.9 Å². The predicted molar refractivity (Wildman–Crippen MR) is 89.1 cm³/mol. The molecule has 3 aliphatic rings. The molecule has 1 aromatic carbocycles. The smallest absolute Gasteiger partial charge is 0.415 e. The van der Waals surface area contributed by atoms with Crippen LogP contribution in [0.25, 0.3) is 0 Å². The number of allylic oxidation sites excluding steroid dienone is 1. The Morgan fingerprint density at radius 2 is 2.00 bits per heavy atom. The number of rotatable bonds is 1. The summed E-state index contributed by atoms with van der Waals surface area (Å²) in [6.45, 7) is 5.48. The summed E-state index contributed by atoms with van der Waals surface area (Å²) in [5.74, 6) is 0.898. The number of fused-ring (bicyclic) bond motifs is 7. The van der Waals surface area contributed by atoms with E-state index in [1.165, 1.54) is 12.1 Å². The molecule has 0 N–H and O–H groups in total. The van der Waals surface area contributed by atoms with Crippen LogP contribution in [0.4, 0.5) is 16.2 Å². The minimum atomic E-state index is -0.608. The lowest BCUT2D eigenvalue weighted by molar-refractivity contribution is -0.384. The lowest BCUT2D eigenvalue weighted by Crippen LogP contribution is -2.44. The highest BCUT2D eigenvalue weighted by atomic mass is 16.6. The molecule has 6 heteroatoms. The van der Waals surface area contributed by atoms with E-state index in [0.717, 1.165) is 12.0 Å². The lowest BCUT2D eigenvalue weighted by atomic mass is 9.86. The first-order valence-corrected chi connectivity index (χ1v) is 8.25. The van der Waals surface area contributed by atoms with Gasteiger partial charge in [-0.3, -0.25) is 15.0 Å². The summed E-state index contributed by atoms with van der Waals surface area (Å²) in [5.41, 5.74) is 1.05. The third kappa shape index (κ3) is 2.12. The zero-order valence-corrected chi connectivity index (χ0v) is 13.9. The summed E-state index contributed by atoms with van der Waals surface area (Å²) in [6.07, 6.45) is 5.00. The second-order valence-electron chi connectivity index (χ2n) is 7.82. The Labute approximate surface area is 140 Å². The summed E-state index contributed by atoms with van der Waals surface area (Å²) in [6, 6.07) is 4.86. The molecule has 24 heavy (non-hydrogen) atoms. The second kappa shape index (κ2) is 4.82. The molecular formula is C18H20N2O4. The molecule has 1 amide bonds. The third-order valence-corrected chi connectivity index (χ3v) is 5.15. The second-order valence-corrected chi connectivity index (χ2v) is 7.82. The number of hydrogen-bond acceptors (Lipinski definition) is 4. The van der Waals surface area contributed by atoms with Gasteiger partial charge in [-0.2, -0.15) is 0 Å². The topological polar surface area (TPSA) is 72.7 Å². The summed E-state index contributed by atoms with van der Waals surface area (Å²) in [7, 11) is 0. The standard InChI is InChI=1S/C18H20N2O4/c1-18(2,3)24-17(21)19-14-9-12(20(22)23)6-7-13(14)15-10-4-5-11(8-10)16(15)19/h4-7,9-11,15-16H,8H2,1-3H3/t10-,11+,15-,16-/m0/s1. The van der Waals surface area contributed by atoms with E-state index in [1.54, 1.807) is 4.90 Å². The van der Waals surface area contributed by atoms with Crippen LogP contribution in [0.15, 0.2) is 30.4 Å². The van der Waals surface area contributed by atoms with Crippen LogP contribution in [-0.4, -0.2) is 22.7 Å². The fourth-order valence-corrected chi connectivity index (χ4v) is 4.39.